The molecular formula is C9H15FN2O. The van der Waals surface area contributed by atoms with E-state index < -0.39 is 0 Å². The molecular weight excluding hydrogens is 171 g/mol. The first kappa shape index (κ1) is 8.94. The van der Waals surface area contributed by atoms with Crippen LogP contribution in [0.25, 0.3) is 0 Å². The standard InChI is InChI=1S/C9H15FN2O/c10-3-7-1-2-12(6-7)9(13)8-4-11-5-8/h7-8,11H,1-6H2. The summed E-state index contributed by atoms with van der Waals surface area (Å²) in [4.78, 5) is 13.5. The van der Waals surface area contributed by atoms with E-state index in [4.69, 9.17) is 0 Å². The molecule has 1 atom stereocenters. The fraction of sp³-hybridized carbons (Fsp3) is 0.889. The van der Waals surface area contributed by atoms with E-state index in [1.54, 1.807) is 0 Å². The first-order chi connectivity index (χ1) is 6.31. The van der Waals surface area contributed by atoms with Gasteiger partial charge in [-0.3, -0.25) is 9.18 Å². The molecule has 0 bridgehead atoms. The van der Waals surface area contributed by atoms with Crippen LogP contribution in [0.2, 0.25) is 0 Å². The molecule has 0 aromatic heterocycles. The quantitative estimate of drug-likeness (QED) is 0.659. The van der Waals surface area contributed by atoms with Gasteiger partial charge in [-0.05, 0) is 6.42 Å². The highest BCUT2D eigenvalue weighted by molar-refractivity contribution is 5.80. The number of rotatable bonds is 2. The van der Waals surface area contributed by atoms with Crippen molar-refractivity contribution in [1.82, 2.24) is 10.2 Å². The average molecular weight is 186 g/mol. The number of hydrogen-bond acceptors (Lipinski definition) is 2. The Hall–Kier alpha value is -0.640. The molecule has 74 valence electrons. The normalized spacial score (nSPS) is 29.0. The third-order valence-electron chi connectivity index (χ3n) is 2.95. The van der Waals surface area contributed by atoms with E-state index in [-0.39, 0.29) is 24.4 Å². The van der Waals surface area contributed by atoms with Gasteiger partial charge in [0.15, 0.2) is 0 Å². The number of likely N-dealkylation sites (tertiary alicyclic amines) is 1. The number of carbonyl (C=O) groups is 1. The Morgan fingerprint density at radius 2 is 2.31 bits per heavy atom. The van der Waals surface area contributed by atoms with Crippen molar-refractivity contribution in [3.8, 4) is 0 Å². The number of nitrogens with one attached hydrogen (secondary N) is 1. The van der Waals surface area contributed by atoms with Gasteiger partial charge < -0.3 is 10.2 Å². The van der Waals surface area contributed by atoms with Crippen LogP contribution in [-0.4, -0.2) is 43.7 Å². The molecule has 3 nitrogen and oxygen atoms in total. The third kappa shape index (κ3) is 1.68. The summed E-state index contributed by atoms with van der Waals surface area (Å²) >= 11 is 0. The summed E-state index contributed by atoms with van der Waals surface area (Å²) in [5, 5.41) is 3.07. The second-order valence-corrected chi connectivity index (χ2v) is 3.95. The van der Waals surface area contributed by atoms with Crippen LogP contribution in [0.15, 0.2) is 0 Å². The Morgan fingerprint density at radius 1 is 1.54 bits per heavy atom. The zero-order valence-corrected chi connectivity index (χ0v) is 7.63. The van der Waals surface area contributed by atoms with E-state index in [9.17, 15) is 9.18 Å². The molecule has 2 rings (SSSR count). The summed E-state index contributed by atoms with van der Waals surface area (Å²) in [5.74, 6) is 0.477. The molecule has 0 spiro atoms. The molecule has 2 aliphatic rings. The van der Waals surface area contributed by atoms with Crippen molar-refractivity contribution >= 4 is 5.91 Å². The van der Waals surface area contributed by atoms with Gasteiger partial charge in [0.05, 0.1) is 12.6 Å². The molecule has 0 radical (unpaired) electrons. The summed E-state index contributed by atoms with van der Waals surface area (Å²) in [7, 11) is 0. The fourth-order valence-electron chi connectivity index (χ4n) is 1.88. The maximum absolute atomic E-state index is 12.3. The predicted molar refractivity (Wildman–Crippen MR) is 47.0 cm³/mol. The summed E-state index contributed by atoms with van der Waals surface area (Å²) in [5.41, 5.74) is 0. The Labute approximate surface area is 77.3 Å². The van der Waals surface area contributed by atoms with Crippen LogP contribution in [0.1, 0.15) is 6.42 Å². The lowest BCUT2D eigenvalue weighted by molar-refractivity contribution is -0.136. The number of hydrogen-bond donors (Lipinski definition) is 1. The van der Waals surface area contributed by atoms with Crippen molar-refractivity contribution in [2.75, 3.05) is 32.9 Å². The summed E-state index contributed by atoms with van der Waals surface area (Å²) in [6.07, 6.45) is 0.836. The monoisotopic (exact) mass is 186 g/mol. The summed E-state index contributed by atoms with van der Waals surface area (Å²) in [6, 6.07) is 0. The van der Waals surface area contributed by atoms with Crippen LogP contribution in [0.4, 0.5) is 4.39 Å². The number of amides is 1. The Morgan fingerprint density at radius 3 is 2.77 bits per heavy atom. The molecule has 0 aromatic carbocycles. The van der Waals surface area contributed by atoms with Crippen LogP contribution >= 0.6 is 0 Å². The SMILES string of the molecule is O=C(C1CNC1)N1CCC(CF)C1. The molecule has 0 aliphatic carbocycles. The minimum absolute atomic E-state index is 0.0944. The van der Waals surface area contributed by atoms with E-state index in [0.29, 0.717) is 6.54 Å². The fourth-order valence-corrected chi connectivity index (χ4v) is 1.88. The van der Waals surface area contributed by atoms with E-state index >= 15 is 0 Å². The summed E-state index contributed by atoms with van der Waals surface area (Å²) in [6.45, 7) is 2.70. The van der Waals surface area contributed by atoms with E-state index in [0.717, 1.165) is 26.1 Å². The highest BCUT2D eigenvalue weighted by Crippen LogP contribution is 2.19. The Bertz CT molecular complexity index is 206. The van der Waals surface area contributed by atoms with Crippen molar-refractivity contribution in [3.63, 3.8) is 0 Å². The largest absolute Gasteiger partial charge is 0.342 e. The lowest BCUT2D eigenvalue weighted by atomic mass is 10.0. The van der Waals surface area contributed by atoms with Gasteiger partial charge >= 0.3 is 0 Å². The maximum atomic E-state index is 12.3. The Kier molecular flexibility index (Phi) is 2.49. The van der Waals surface area contributed by atoms with Gasteiger partial charge in [-0.1, -0.05) is 0 Å². The Balaban J connectivity index is 1.84. The molecule has 1 N–H and O–H groups in total. The first-order valence-electron chi connectivity index (χ1n) is 4.86. The van der Waals surface area contributed by atoms with E-state index in [1.165, 1.54) is 0 Å². The van der Waals surface area contributed by atoms with Crippen LogP contribution in [0, 0.1) is 11.8 Å². The van der Waals surface area contributed by atoms with Crippen molar-refractivity contribution in [2.45, 2.75) is 6.42 Å². The van der Waals surface area contributed by atoms with Gasteiger partial charge in [0.2, 0.25) is 5.91 Å². The van der Waals surface area contributed by atoms with E-state index in [1.807, 2.05) is 4.90 Å². The van der Waals surface area contributed by atoms with Crippen molar-refractivity contribution in [3.05, 3.63) is 0 Å². The molecule has 1 amide bonds. The molecule has 4 heteroatoms. The highest BCUT2D eigenvalue weighted by Gasteiger charge is 2.33. The third-order valence-corrected chi connectivity index (χ3v) is 2.95. The molecule has 13 heavy (non-hydrogen) atoms. The maximum Gasteiger partial charge on any atom is 0.228 e. The predicted octanol–water partition coefficient (Wildman–Crippen LogP) is 0.0238. The van der Waals surface area contributed by atoms with Gasteiger partial charge in [0.25, 0.3) is 0 Å². The summed E-state index contributed by atoms with van der Waals surface area (Å²) < 4.78 is 12.3. The van der Waals surface area contributed by atoms with Crippen LogP contribution in [0.3, 0.4) is 0 Å². The number of carbonyl (C=O) groups excluding carboxylic acids is 1. The van der Waals surface area contributed by atoms with Gasteiger partial charge in [0.1, 0.15) is 0 Å². The minimum atomic E-state index is -0.285. The highest BCUT2D eigenvalue weighted by atomic mass is 19.1. The van der Waals surface area contributed by atoms with Gasteiger partial charge in [-0.2, -0.15) is 0 Å². The molecule has 0 saturated carbocycles. The lowest BCUT2D eigenvalue weighted by Crippen LogP contribution is -2.51. The first-order valence-corrected chi connectivity index (χ1v) is 4.86. The van der Waals surface area contributed by atoms with E-state index in [2.05, 4.69) is 5.32 Å². The van der Waals surface area contributed by atoms with Crippen LogP contribution < -0.4 is 5.32 Å². The minimum Gasteiger partial charge on any atom is -0.342 e. The van der Waals surface area contributed by atoms with Crippen LogP contribution in [0.5, 0.6) is 0 Å². The number of nitrogens with zero attached hydrogens (tertiary/aromatic N) is 1. The zero-order valence-electron chi connectivity index (χ0n) is 7.63. The molecule has 0 aromatic rings. The van der Waals surface area contributed by atoms with Gasteiger partial charge in [-0.25, -0.2) is 0 Å². The second-order valence-electron chi connectivity index (χ2n) is 3.95. The zero-order chi connectivity index (χ0) is 9.26. The molecule has 2 fully saturated rings. The lowest BCUT2D eigenvalue weighted by Gasteiger charge is -2.30. The van der Waals surface area contributed by atoms with Crippen molar-refractivity contribution < 1.29 is 9.18 Å². The molecule has 2 saturated heterocycles. The average Bonchev–Trinajstić information content (AvgIpc) is 2.48. The molecule has 1 unspecified atom stereocenters. The topological polar surface area (TPSA) is 32.3 Å². The number of halogens is 1. The van der Waals surface area contributed by atoms with Crippen molar-refractivity contribution in [1.29, 1.82) is 0 Å². The smallest absolute Gasteiger partial charge is 0.228 e. The van der Waals surface area contributed by atoms with Crippen molar-refractivity contribution in [2.24, 2.45) is 11.8 Å². The second kappa shape index (κ2) is 3.62. The molecule has 2 aliphatic heterocycles. The number of alkyl halides is 1. The van der Waals surface area contributed by atoms with Gasteiger partial charge in [-0.15, -0.1) is 0 Å². The van der Waals surface area contributed by atoms with Crippen LogP contribution in [-0.2, 0) is 4.79 Å². The van der Waals surface area contributed by atoms with Gasteiger partial charge in [0, 0.05) is 32.1 Å². The molecule has 2 heterocycles.